The van der Waals surface area contributed by atoms with E-state index in [9.17, 15) is 0 Å². The Labute approximate surface area is 141 Å². The average Bonchev–Trinajstić information content (AvgIpc) is 2.36. The summed E-state index contributed by atoms with van der Waals surface area (Å²) < 4.78 is 0. The van der Waals surface area contributed by atoms with Gasteiger partial charge in [0, 0.05) is 45.0 Å². The third-order valence-electron chi connectivity index (χ3n) is 1.91. The Morgan fingerprint density at radius 1 is 0.706 bits per heavy atom. The second kappa shape index (κ2) is 14.9. The van der Waals surface area contributed by atoms with Crippen molar-refractivity contribution in [1.82, 2.24) is 0 Å². The van der Waals surface area contributed by atoms with Crippen LogP contribution in [0.25, 0.3) is 0 Å². The predicted molar refractivity (Wildman–Crippen MR) is 105 cm³/mol. The van der Waals surface area contributed by atoms with E-state index in [-0.39, 0.29) is 0 Å². The Kier molecular flexibility index (Phi) is 17.0. The molecule has 7 heteroatoms. The molecule has 0 nitrogen and oxygen atoms in total. The van der Waals surface area contributed by atoms with E-state index in [1.807, 2.05) is 35.3 Å². The third-order valence-corrected chi connectivity index (χ3v) is 8.53. The van der Waals surface area contributed by atoms with Gasteiger partial charge in [-0.05, 0) is 11.5 Å². The van der Waals surface area contributed by atoms with Crippen molar-refractivity contribution in [1.29, 1.82) is 0 Å². The summed E-state index contributed by atoms with van der Waals surface area (Å²) in [6.45, 7) is 0. The largest absolute Gasteiger partial charge is 0.179 e. The van der Waals surface area contributed by atoms with Crippen molar-refractivity contribution in [3.8, 4) is 0 Å². The maximum absolute atomic E-state index is 4.43. The summed E-state index contributed by atoms with van der Waals surface area (Å²) >= 11 is 23.3. The highest BCUT2D eigenvalue weighted by Crippen LogP contribution is 2.24. The summed E-state index contributed by atoms with van der Waals surface area (Å²) in [5, 5.41) is 1.30. The summed E-state index contributed by atoms with van der Waals surface area (Å²) in [5.74, 6) is 8.45. The Balaban J connectivity index is 3.69. The lowest BCUT2D eigenvalue weighted by Gasteiger charge is -2.18. The maximum Gasteiger partial charge on any atom is 0.0226 e. The minimum Gasteiger partial charge on any atom is -0.179 e. The van der Waals surface area contributed by atoms with Crippen molar-refractivity contribution in [2.75, 3.05) is 46.0 Å². The Hall–Kier alpha value is 2.45. The molecule has 0 saturated carbocycles. The number of rotatable bonds is 12. The zero-order chi connectivity index (χ0) is 12.9. The highest BCUT2D eigenvalue weighted by Gasteiger charge is 2.12. The maximum atomic E-state index is 4.43. The zero-order valence-electron chi connectivity index (χ0n) is 9.83. The molecule has 0 fully saturated rings. The normalized spacial score (nSPS) is 14.8. The van der Waals surface area contributed by atoms with Crippen molar-refractivity contribution in [2.24, 2.45) is 0 Å². The molecule has 0 aliphatic heterocycles. The minimum absolute atomic E-state index is 0.646. The van der Waals surface area contributed by atoms with Crippen LogP contribution in [0.3, 0.4) is 0 Å². The molecule has 0 rings (SSSR count). The Morgan fingerprint density at radius 3 is 1.82 bits per heavy atom. The second-order valence-electron chi connectivity index (χ2n) is 3.34. The monoisotopic (exact) mass is 366 g/mol. The molecule has 0 aromatic rings. The van der Waals surface area contributed by atoms with Gasteiger partial charge in [0.2, 0.25) is 0 Å². The van der Waals surface area contributed by atoms with Gasteiger partial charge < -0.3 is 0 Å². The first-order valence-electron chi connectivity index (χ1n) is 5.52. The van der Waals surface area contributed by atoms with Crippen LogP contribution in [0.15, 0.2) is 0 Å². The zero-order valence-corrected chi connectivity index (χ0v) is 15.9. The predicted octanol–water partition coefficient (Wildman–Crippen LogP) is 3.64. The third kappa shape index (κ3) is 11.9. The molecule has 0 amide bonds. The first kappa shape index (κ1) is 19.4. The van der Waals surface area contributed by atoms with E-state index in [0.717, 1.165) is 34.5 Å². The van der Waals surface area contributed by atoms with Gasteiger partial charge in [-0.1, -0.05) is 0 Å². The molecule has 0 aromatic carbocycles. The minimum atomic E-state index is 0.646. The van der Waals surface area contributed by atoms with Crippen LogP contribution in [-0.4, -0.2) is 56.5 Å². The Bertz CT molecular complexity index is 156. The molecule has 0 spiro atoms. The second-order valence-corrected chi connectivity index (χ2v) is 8.85. The summed E-state index contributed by atoms with van der Waals surface area (Å²) in [5.41, 5.74) is 0. The number of hydrogen-bond donors (Lipinski definition) is 4. The van der Waals surface area contributed by atoms with E-state index < -0.39 is 0 Å². The molecule has 0 bridgehead atoms. The van der Waals surface area contributed by atoms with Gasteiger partial charge in [0.25, 0.3) is 0 Å². The quantitative estimate of drug-likeness (QED) is 0.308. The molecule has 104 valence electrons. The van der Waals surface area contributed by atoms with Crippen LogP contribution in [0, 0.1) is 0 Å². The van der Waals surface area contributed by atoms with Crippen LogP contribution < -0.4 is 0 Å². The van der Waals surface area contributed by atoms with Gasteiger partial charge in [0.1, 0.15) is 0 Å². The molecule has 0 radical (unpaired) electrons. The lowest BCUT2D eigenvalue weighted by atomic mass is 10.5. The van der Waals surface area contributed by atoms with Crippen molar-refractivity contribution in [2.45, 2.75) is 10.5 Å². The standard InChI is InChI=1S/C10H22S7/c11-1-3-15-7-9(5-13)17-8-10(6-14)16-4-2-12/h9-14H,1-8H2/t9-,10+/m1/s1. The fourth-order valence-corrected chi connectivity index (χ4v) is 6.22. The van der Waals surface area contributed by atoms with E-state index in [1.54, 1.807) is 0 Å². The van der Waals surface area contributed by atoms with Crippen molar-refractivity contribution in [3.05, 3.63) is 0 Å². The topological polar surface area (TPSA) is 0 Å². The molecule has 0 saturated heterocycles. The summed E-state index contributed by atoms with van der Waals surface area (Å²) in [6, 6.07) is 0. The summed E-state index contributed by atoms with van der Waals surface area (Å²) in [7, 11) is 0. The Morgan fingerprint density at radius 2 is 1.29 bits per heavy atom. The van der Waals surface area contributed by atoms with Gasteiger partial charge in [0.15, 0.2) is 0 Å². The SMILES string of the molecule is SCCSC[C@@H](CS)SC[C@H](CS)SCCS. The molecule has 0 N–H and O–H groups in total. The smallest absolute Gasteiger partial charge is 0.0226 e. The van der Waals surface area contributed by atoms with Gasteiger partial charge in [-0.25, -0.2) is 0 Å². The summed E-state index contributed by atoms with van der Waals surface area (Å²) in [6.07, 6.45) is 0. The fraction of sp³-hybridized carbons (Fsp3) is 1.00. The van der Waals surface area contributed by atoms with E-state index in [2.05, 4.69) is 50.5 Å². The molecule has 2 atom stereocenters. The molecular formula is C10H22S7. The highest BCUT2D eigenvalue weighted by atomic mass is 32.2. The van der Waals surface area contributed by atoms with Crippen molar-refractivity contribution < 1.29 is 0 Å². The van der Waals surface area contributed by atoms with Gasteiger partial charge >= 0.3 is 0 Å². The fourth-order valence-electron chi connectivity index (χ4n) is 1.05. The lowest BCUT2D eigenvalue weighted by Crippen LogP contribution is -2.16. The first-order chi connectivity index (χ1) is 8.28. The van der Waals surface area contributed by atoms with E-state index in [4.69, 9.17) is 0 Å². The molecule has 0 aliphatic carbocycles. The van der Waals surface area contributed by atoms with Crippen molar-refractivity contribution in [3.63, 3.8) is 0 Å². The van der Waals surface area contributed by atoms with E-state index >= 15 is 0 Å². The van der Waals surface area contributed by atoms with Crippen molar-refractivity contribution >= 4 is 85.8 Å². The first-order valence-corrected chi connectivity index (χ1v) is 11.3. The van der Waals surface area contributed by atoms with Crippen LogP contribution in [0.5, 0.6) is 0 Å². The number of thiol groups is 4. The van der Waals surface area contributed by atoms with Gasteiger partial charge in [-0.3, -0.25) is 0 Å². The number of hydrogen-bond acceptors (Lipinski definition) is 7. The van der Waals surface area contributed by atoms with E-state index in [1.165, 1.54) is 11.5 Å². The van der Waals surface area contributed by atoms with Crippen LogP contribution >= 0.6 is 85.8 Å². The molecule has 0 unspecified atom stereocenters. The van der Waals surface area contributed by atoms with Gasteiger partial charge in [-0.2, -0.15) is 85.8 Å². The molecule has 0 heterocycles. The lowest BCUT2D eigenvalue weighted by molar-refractivity contribution is 1.11. The molecule has 0 aromatic heterocycles. The molecule has 17 heavy (non-hydrogen) atoms. The van der Waals surface area contributed by atoms with Crippen LogP contribution in [0.1, 0.15) is 0 Å². The highest BCUT2D eigenvalue weighted by molar-refractivity contribution is 8.06. The van der Waals surface area contributed by atoms with Gasteiger partial charge in [-0.15, -0.1) is 0 Å². The van der Waals surface area contributed by atoms with Gasteiger partial charge in [0.05, 0.1) is 0 Å². The van der Waals surface area contributed by atoms with Crippen LogP contribution in [0.4, 0.5) is 0 Å². The summed E-state index contributed by atoms with van der Waals surface area (Å²) in [4.78, 5) is 0. The average molecular weight is 367 g/mol. The van der Waals surface area contributed by atoms with E-state index in [0.29, 0.717) is 10.5 Å². The molecule has 0 aliphatic rings. The number of thioether (sulfide) groups is 3. The van der Waals surface area contributed by atoms with Crippen LogP contribution in [0.2, 0.25) is 0 Å². The van der Waals surface area contributed by atoms with Crippen LogP contribution in [-0.2, 0) is 0 Å². The molecular weight excluding hydrogens is 345 g/mol.